The molecule has 1 aliphatic rings. The lowest BCUT2D eigenvalue weighted by molar-refractivity contribution is 0.223. The number of aryl methyl sites for hydroxylation is 1. The van der Waals surface area contributed by atoms with Crippen LogP contribution < -0.4 is 5.56 Å². The van der Waals surface area contributed by atoms with Crippen LogP contribution in [-0.4, -0.2) is 20.0 Å². The highest BCUT2D eigenvalue weighted by Crippen LogP contribution is 2.40. The Morgan fingerprint density at radius 1 is 1.10 bits per heavy atom. The number of hydrogen-bond acceptors (Lipinski definition) is 4. The molecule has 1 saturated carbocycles. The molecular formula is C24H23ClN2O3S. The molecule has 0 bridgehead atoms. The number of rotatable bonds is 4. The SMILES string of the molecule is Cc1onc2c1c(=O)n(C1(C[S+]([O-])c3ccccc3)CCCCC1)c1cccc(Cl)c21. The summed E-state index contributed by atoms with van der Waals surface area (Å²) in [4.78, 5) is 14.7. The quantitative estimate of drug-likeness (QED) is 0.378. The third-order valence-corrected chi connectivity index (χ3v) is 8.33. The Morgan fingerprint density at radius 3 is 2.58 bits per heavy atom. The smallest absolute Gasteiger partial charge is 0.264 e. The van der Waals surface area contributed by atoms with Crippen LogP contribution >= 0.6 is 11.6 Å². The molecule has 5 nitrogen and oxygen atoms in total. The number of hydrogen-bond donors (Lipinski definition) is 0. The van der Waals surface area contributed by atoms with Gasteiger partial charge in [0, 0.05) is 5.39 Å². The predicted molar refractivity (Wildman–Crippen MR) is 124 cm³/mol. The lowest BCUT2D eigenvalue weighted by atomic mass is 9.82. The van der Waals surface area contributed by atoms with Gasteiger partial charge in [0.15, 0.2) is 4.90 Å². The number of benzene rings is 2. The Hall–Kier alpha value is -2.28. The minimum Gasteiger partial charge on any atom is -0.611 e. The van der Waals surface area contributed by atoms with Gasteiger partial charge in [-0.3, -0.25) is 9.36 Å². The van der Waals surface area contributed by atoms with Gasteiger partial charge in [-0.25, -0.2) is 0 Å². The molecule has 0 radical (unpaired) electrons. The Kier molecular flexibility index (Phi) is 5.32. The molecule has 0 amide bonds. The molecule has 31 heavy (non-hydrogen) atoms. The first-order chi connectivity index (χ1) is 15.0. The van der Waals surface area contributed by atoms with Gasteiger partial charge in [0.1, 0.15) is 22.4 Å². The second-order valence-corrected chi connectivity index (χ2v) is 10.2. The van der Waals surface area contributed by atoms with E-state index in [4.69, 9.17) is 16.1 Å². The topological polar surface area (TPSA) is 71.1 Å². The van der Waals surface area contributed by atoms with Gasteiger partial charge < -0.3 is 9.08 Å². The van der Waals surface area contributed by atoms with Gasteiger partial charge in [0.2, 0.25) is 0 Å². The molecule has 1 fully saturated rings. The standard InChI is InChI=1S/C24H23ClN2O3S/c1-16-20-22(26-30-16)21-18(25)11-8-12-19(21)27(23(20)28)24(13-6-3-7-14-24)15-31(29)17-9-4-2-5-10-17/h2,4-5,8-12H,3,6-7,13-15H2,1H3. The summed E-state index contributed by atoms with van der Waals surface area (Å²) < 4.78 is 20.7. The van der Waals surface area contributed by atoms with Gasteiger partial charge in [-0.1, -0.05) is 60.3 Å². The minimum absolute atomic E-state index is 0.143. The summed E-state index contributed by atoms with van der Waals surface area (Å²) >= 11 is 5.36. The van der Waals surface area contributed by atoms with Crippen molar-refractivity contribution in [2.45, 2.75) is 49.5 Å². The van der Waals surface area contributed by atoms with E-state index in [0.717, 1.165) is 42.5 Å². The van der Waals surface area contributed by atoms with Crippen molar-refractivity contribution in [3.8, 4) is 0 Å². The molecule has 5 rings (SSSR count). The second-order valence-electron chi connectivity index (χ2n) is 8.32. The van der Waals surface area contributed by atoms with E-state index < -0.39 is 16.7 Å². The van der Waals surface area contributed by atoms with Crippen LogP contribution in [0.5, 0.6) is 0 Å². The molecule has 1 aliphatic carbocycles. The average Bonchev–Trinajstić information content (AvgIpc) is 3.17. The van der Waals surface area contributed by atoms with Crippen LogP contribution in [-0.2, 0) is 16.7 Å². The summed E-state index contributed by atoms with van der Waals surface area (Å²) in [6.07, 6.45) is 4.68. The van der Waals surface area contributed by atoms with Gasteiger partial charge in [0.05, 0.1) is 16.1 Å². The van der Waals surface area contributed by atoms with Gasteiger partial charge in [-0.2, -0.15) is 0 Å². The fourth-order valence-electron chi connectivity index (χ4n) is 4.96. The van der Waals surface area contributed by atoms with Crippen molar-refractivity contribution in [2.75, 3.05) is 5.75 Å². The van der Waals surface area contributed by atoms with Crippen molar-refractivity contribution >= 4 is 44.6 Å². The van der Waals surface area contributed by atoms with E-state index >= 15 is 0 Å². The third kappa shape index (κ3) is 3.37. The largest absolute Gasteiger partial charge is 0.611 e. The molecule has 2 aromatic carbocycles. The fraction of sp³-hybridized carbons (Fsp3) is 0.333. The summed E-state index contributed by atoms with van der Waals surface area (Å²) in [6.45, 7) is 1.75. The van der Waals surface area contributed by atoms with Gasteiger partial charge >= 0.3 is 0 Å². The van der Waals surface area contributed by atoms with Crippen LogP contribution in [0.15, 0.2) is 62.7 Å². The molecule has 4 aromatic rings. The molecule has 0 spiro atoms. The highest BCUT2D eigenvalue weighted by Gasteiger charge is 2.41. The number of pyridine rings is 1. The Balaban J connectivity index is 1.79. The van der Waals surface area contributed by atoms with E-state index in [0.29, 0.717) is 32.8 Å². The molecule has 2 heterocycles. The highest BCUT2D eigenvalue weighted by molar-refractivity contribution is 7.91. The number of aromatic nitrogens is 2. The van der Waals surface area contributed by atoms with Crippen molar-refractivity contribution in [1.82, 2.24) is 9.72 Å². The summed E-state index contributed by atoms with van der Waals surface area (Å²) in [5.74, 6) is 0.861. The van der Waals surface area contributed by atoms with Gasteiger partial charge in [-0.15, -0.1) is 0 Å². The predicted octanol–water partition coefficient (Wildman–Crippen LogP) is 5.57. The number of fused-ring (bicyclic) bond motifs is 3. The van der Waals surface area contributed by atoms with Crippen LogP contribution in [0.2, 0.25) is 5.02 Å². The van der Waals surface area contributed by atoms with Gasteiger partial charge in [-0.05, 0) is 55.2 Å². The van der Waals surface area contributed by atoms with Gasteiger partial charge in [0.25, 0.3) is 5.56 Å². The molecular weight excluding hydrogens is 432 g/mol. The molecule has 160 valence electrons. The van der Waals surface area contributed by atoms with Crippen LogP contribution in [0.1, 0.15) is 37.9 Å². The zero-order valence-corrected chi connectivity index (χ0v) is 18.8. The van der Waals surface area contributed by atoms with Crippen molar-refractivity contribution in [3.63, 3.8) is 0 Å². The molecule has 0 aliphatic heterocycles. The van der Waals surface area contributed by atoms with E-state index in [1.807, 2.05) is 47.0 Å². The van der Waals surface area contributed by atoms with Crippen LogP contribution in [0.4, 0.5) is 0 Å². The fourth-order valence-corrected chi connectivity index (χ4v) is 6.75. The summed E-state index contributed by atoms with van der Waals surface area (Å²) in [5.41, 5.74) is 0.520. The maximum Gasteiger partial charge on any atom is 0.264 e. The zero-order valence-electron chi connectivity index (χ0n) is 17.3. The molecule has 7 heteroatoms. The first kappa shape index (κ1) is 20.6. The first-order valence-electron chi connectivity index (χ1n) is 10.5. The molecule has 0 saturated heterocycles. The minimum atomic E-state index is -1.24. The lowest BCUT2D eigenvalue weighted by Gasteiger charge is -2.39. The van der Waals surface area contributed by atoms with E-state index in [-0.39, 0.29) is 5.56 Å². The number of nitrogens with zero attached hydrogens (tertiary/aromatic N) is 2. The van der Waals surface area contributed by atoms with Crippen LogP contribution in [0, 0.1) is 6.92 Å². The second kappa shape index (κ2) is 8.01. The monoisotopic (exact) mass is 454 g/mol. The summed E-state index contributed by atoms with van der Waals surface area (Å²) in [6, 6.07) is 15.0. The van der Waals surface area contributed by atoms with Crippen molar-refractivity contribution in [3.05, 3.63) is 69.7 Å². The molecule has 1 atom stereocenters. The van der Waals surface area contributed by atoms with Crippen LogP contribution in [0.25, 0.3) is 21.8 Å². The highest BCUT2D eigenvalue weighted by atomic mass is 35.5. The summed E-state index contributed by atoms with van der Waals surface area (Å²) in [7, 11) is 0. The summed E-state index contributed by atoms with van der Waals surface area (Å²) in [5, 5.41) is 5.85. The van der Waals surface area contributed by atoms with Crippen molar-refractivity contribution in [2.24, 2.45) is 0 Å². The third-order valence-electron chi connectivity index (χ3n) is 6.41. The lowest BCUT2D eigenvalue weighted by Crippen LogP contribution is -2.47. The first-order valence-corrected chi connectivity index (χ1v) is 12.2. The Morgan fingerprint density at radius 2 is 1.84 bits per heavy atom. The molecule has 2 aromatic heterocycles. The number of halogens is 1. The van der Waals surface area contributed by atoms with E-state index in [1.165, 1.54) is 0 Å². The average molecular weight is 455 g/mol. The van der Waals surface area contributed by atoms with E-state index in [2.05, 4.69) is 5.16 Å². The Bertz CT molecular complexity index is 1310. The zero-order chi connectivity index (χ0) is 21.6. The maximum atomic E-state index is 13.9. The Labute approximate surface area is 188 Å². The van der Waals surface area contributed by atoms with Crippen molar-refractivity contribution < 1.29 is 9.08 Å². The maximum absolute atomic E-state index is 13.9. The van der Waals surface area contributed by atoms with Crippen LogP contribution in [0.3, 0.4) is 0 Å². The molecule has 0 N–H and O–H groups in total. The van der Waals surface area contributed by atoms with E-state index in [1.54, 1.807) is 13.0 Å². The van der Waals surface area contributed by atoms with Crippen molar-refractivity contribution in [1.29, 1.82) is 0 Å². The normalized spacial score (nSPS) is 17.3. The van der Waals surface area contributed by atoms with E-state index in [9.17, 15) is 9.35 Å². The molecule has 1 unspecified atom stereocenters.